The van der Waals surface area contributed by atoms with Crippen LogP contribution in [-0.4, -0.2) is 30.4 Å². The third kappa shape index (κ3) is 3.81. The number of rotatable bonds is 2. The Balaban J connectivity index is 0.00000180. The quantitative estimate of drug-likeness (QED) is 0.913. The topological polar surface area (TPSA) is 46.3 Å². The second kappa shape index (κ2) is 7.08. The lowest BCUT2D eigenvalue weighted by Gasteiger charge is -2.31. The summed E-state index contributed by atoms with van der Waals surface area (Å²) < 4.78 is 12.9. The molecule has 1 heterocycles. The predicted octanol–water partition coefficient (Wildman–Crippen LogP) is 2.71. The molecule has 2 N–H and O–H groups in total. The largest absolute Gasteiger partial charge is 0.339 e. The van der Waals surface area contributed by atoms with Gasteiger partial charge >= 0.3 is 0 Å². The van der Waals surface area contributed by atoms with Crippen molar-refractivity contribution in [3.05, 3.63) is 34.6 Å². The fraction of sp³-hybridized carbons (Fsp3) is 0.462. The van der Waals surface area contributed by atoms with Crippen LogP contribution in [0.15, 0.2) is 18.2 Å². The molecule has 0 spiro atoms. The molecule has 1 amide bonds. The van der Waals surface area contributed by atoms with Crippen LogP contribution in [0.2, 0.25) is 5.02 Å². The van der Waals surface area contributed by atoms with Gasteiger partial charge in [0.05, 0.1) is 10.6 Å². The number of hydrogen-bond donors (Lipinski definition) is 1. The molecule has 0 saturated carbocycles. The van der Waals surface area contributed by atoms with Gasteiger partial charge in [-0.3, -0.25) is 4.79 Å². The lowest BCUT2D eigenvalue weighted by molar-refractivity contribution is 0.0693. The minimum Gasteiger partial charge on any atom is -0.339 e. The highest BCUT2D eigenvalue weighted by Crippen LogP contribution is 2.22. The average Bonchev–Trinajstić information content (AvgIpc) is 2.38. The summed E-state index contributed by atoms with van der Waals surface area (Å²) in [6, 6.07) is 3.86. The van der Waals surface area contributed by atoms with E-state index in [2.05, 4.69) is 0 Å². The number of likely N-dealkylation sites (tertiary alicyclic amines) is 1. The number of piperidine rings is 1. The summed E-state index contributed by atoms with van der Waals surface area (Å²) in [6.45, 7) is 2.04. The lowest BCUT2D eigenvalue weighted by Crippen LogP contribution is -2.40. The first kappa shape index (κ1) is 16.2. The fourth-order valence-corrected chi connectivity index (χ4v) is 2.45. The van der Waals surface area contributed by atoms with E-state index in [1.165, 1.54) is 18.2 Å². The number of hydrogen-bond acceptors (Lipinski definition) is 2. The molecule has 1 aliphatic rings. The van der Waals surface area contributed by atoms with Gasteiger partial charge < -0.3 is 10.6 Å². The molecule has 1 saturated heterocycles. The fourth-order valence-electron chi connectivity index (χ4n) is 2.21. The van der Waals surface area contributed by atoms with Crippen LogP contribution in [0.5, 0.6) is 0 Å². The Kier molecular flexibility index (Phi) is 6.04. The Morgan fingerprint density at radius 2 is 2.05 bits per heavy atom. The van der Waals surface area contributed by atoms with E-state index >= 15 is 0 Å². The van der Waals surface area contributed by atoms with Crippen molar-refractivity contribution in [1.82, 2.24) is 4.90 Å². The predicted molar refractivity (Wildman–Crippen MR) is 76.3 cm³/mol. The Labute approximate surface area is 123 Å². The van der Waals surface area contributed by atoms with Crippen molar-refractivity contribution < 1.29 is 9.18 Å². The SMILES string of the molecule is Cl.NCC1CCN(C(=O)c2ccc(F)cc2Cl)CC1. The zero-order chi connectivity index (χ0) is 13.1. The van der Waals surface area contributed by atoms with E-state index in [4.69, 9.17) is 17.3 Å². The molecule has 0 unspecified atom stereocenters. The molecule has 0 aliphatic carbocycles. The minimum atomic E-state index is -0.432. The van der Waals surface area contributed by atoms with Crippen molar-refractivity contribution in [1.29, 1.82) is 0 Å². The van der Waals surface area contributed by atoms with E-state index in [-0.39, 0.29) is 23.3 Å². The molecule has 1 fully saturated rings. The monoisotopic (exact) mass is 306 g/mol. The molecule has 0 aromatic heterocycles. The molecular formula is C13H17Cl2FN2O. The Bertz CT molecular complexity index is 448. The second-order valence-electron chi connectivity index (χ2n) is 4.60. The van der Waals surface area contributed by atoms with E-state index < -0.39 is 5.82 Å². The maximum Gasteiger partial charge on any atom is 0.255 e. The van der Waals surface area contributed by atoms with Gasteiger partial charge in [0, 0.05) is 13.1 Å². The molecule has 1 aromatic carbocycles. The van der Waals surface area contributed by atoms with Crippen molar-refractivity contribution in [3.8, 4) is 0 Å². The van der Waals surface area contributed by atoms with Crippen LogP contribution in [-0.2, 0) is 0 Å². The summed E-state index contributed by atoms with van der Waals surface area (Å²) >= 11 is 5.89. The lowest BCUT2D eigenvalue weighted by atomic mass is 9.96. The first-order chi connectivity index (χ1) is 8.61. The second-order valence-corrected chi connectivity index (χ2v) is 5.00. The van der Waals surface area contributed by atoms with Crippen molar-refractivity contribution in [3.63, 3.8) is 0 Å². The summed E-state index contributed by atoms with van der Waals surface area (Å²) in [6.07, 6.45) is 1.84. The van der Waals surface area contributed by atoms with Gasteiger partial charge in [0.1, 0.15) is 5.82 Å². The average molecular weight is 307 g/mol. The van der Waals surface area contributed by atoms with Gasteiger partial charge in [-0.05, 0) is 43.5 Å². The summed E-state index contributed by atoms with van der Waals surface area (Å²) in [5.74, 6) is -0.0633. The van der Waals surface area contributed by atoms with E-state index in [0.29, 0.717) is 31.1 Å². The van der Waals surface area contributed by atoms with Crippen LogP contribution in [0.1, 0.15) is 23.2 Å². The molecule has 106 valence electrons. The highest BCUT2D eigenvalue weighted by molar-refractivity contribution is 6.33. The van der Waals surface area contributed by atoms with Gasteiger partial charge in [-0.1, -0.05) is 11.6 Å². The summed E-state index contributed by atoms with van der Waals surface area (Å²) in [4.78, 5) is 14.0. The Morgan fingerprint density at radius 1 is 1.42 bits per heavy atom. The van der Waals surface area contributed by atoms with Gasteiger partial charge in [0.25, 0.3) is 5.91 Å². The van der Waals surface area contributed by atoms with Crippen LogP contribution < -0.4 is 5.73 Å². The number of benzene rings is 1. The number of nitrogens with zero attached hydrogens (tertiary/aromatic N) is 1. The van der Waals surface area contributed by atoms with Gasteiger partial charge in [-0.2, -0.15) is 0 Å². The number of halogens is 3. The molecule has 3 nitrogen and oxygen atoms in total. The van der Waals surface area contributed by atoms with Crippen LogP contribution in [0.3, 0.4) is 0 Å². The molecular weight excluding hydrogens is 290 g/mol. The highest BCUT2D eigenvalue weighted by Gasteiger charge is 2.24. The van der Waals surface area contributed by atoms with E-state index in [0.717, 1.165) is 12.8 Å². The normalized spacial score (nSPS) is 16.1. The summed E-state index contributed by atoms with van der Waals surface area (Å²) in [5.41, 5.74) is 5.98. The van der Waals surface area contributed by atoms with Crippen LogP contribution >= 0.6 is 24.0 Å². The maximum atomic E-state index is 12.9. The van der Waals surface area contributed by atoms with Gasteiger partial charge in [-0.25, -0.2) is 4.39 Å². The van der Waals surface area contributed by atoms with E-state index in [1.807, 2.05) is 0 Å². The van der Waals surface area contributed by atoms with E-state index in [9.17, 15) is 9.18 Å². The number of carbonyl (C=O) groups is 1. The molecule has 0 atom stereocenters. The smallest absolute Gasteiger partial charge is 0.255 e. The first-order valence-corrected chi connectivity index (χ1v) is 6.44. The van der Waals surface area contributed by atoms with Gasteiger partial charge in [0.2, 0.25) is 0 Å². The summed E-state index contributed by atoms with van der Waals surface area (Å²) in [5, 5.41) is 0.168. The van der Waals surface area contributed by atoms with Crippen LogP contribution in [0, 0.1) is 11.7 Å². The number of nitrogens with two attached hydrogens (primary N) is 1. The first-order valence-electron chi connectivity index (χ1n) is 6.06. The van der Waals surface area contributed by atoms with Crippen LogP contribution in [0.25, 0.3) is 0 Å². The standard InChI is InChI=1S/C13H16ClFN2O.ClH/c14-12-7-10(15)1-2-11(12)13(18)17-5-3-9(8-16)4-6-17;/h1-2,7,9H,3-6,8,16H2;1H. The number of amides is 1. The Morgan fingerprint density at radius 3 is 2.58 bits per heavy atom. The molecule has 2 rings (SSSR count). The zero-order valence-electron chi connectivity index (χ0n) is 10.4. The molecule has 0 bridgehead atoms. The van der Waals surface area contributed by atoms with Gasteiger partial charge in [0.15, 0.2) is 0 Å². The minimum absolute atomic E-state index is 0. The van der Waals surface area contributed by atoms with Crippen molar-refractivity contribution >= 4 is 29.9 Å². The third-order valence-electron chi connectivity index (χ3n) is 3.40. The third-order valence-corrected chi connectivity index (χ3v) is 3.71. The van der Waals surface area contributed by atoms with E-state index in [1.54, 1.807) is 4.90 Å². The number of carbonyl (C=O) groups excluding carboxylic acids is 1. The molecule has 6 heteroatoms. The highest BCUT2D eigenvalue weighted by atomic mass is 35.5. The molecule has 1 aliphatic heterocycles. The van der Waals surface area contributed by atoms with Gasteiger partial charge in [-0.15, -0.1) is 12.4 Å². The summed E-state index contributed by atoms with van der Waals surface area (Å²) in [7, 11) is 0. The van der Waals surface area contributed by atoms with Crippen molar-refractivity contribution in [2.45, 2.75) is 12.8 Å². The van der Waals surface area contributed by atoms with Crippen molar-refractivity contribution in [2.75, 3.05) is 19.6 Å². The zero-order valence-corrected chi connectivity index (χ0v) is 12.0. The molecule has 1 aromatic rings. The maximum absolute atomic E-state index is 12.9. The van der Waals surface area contributed by atoms with Crippen molar-refractivity contribution in [2.24, 2.45) is 11.7 Å². The Hall–Kier alpha value is -0.840. The molecule has 19 heavy (non-hydrogen) atoms. The molecule has 0 radical (unpaired) electrons. The van der Waals surface area contributed by atoms with Crippen LogP contribution in [0.4, 0.5) is 4.39 Å².